The van der Waals surface area contributed by atoms with Crippen LogP contribution in [-0.2, 0) is 6.61 Å². The molecular formula is C15H24FNO. The molecule has 0 amide bonds. The van der Waals surface area contributed by atoms with E-state index in [4.69, 9.17) is 0 Å². The van der Waals surface area contributed by atoms with Gasteiger partial charge < -0.3 is 10.0 Å². The van der Waals surface area contributed by atoms with Crippen molar-refractivity contribution in [3.63, 3.8) is 0 Å². The average Bonchev–Trinajstić information content (AvgIpc) is 2.39. The molecule has 0 radical (unpaired) electrons. The molecule has 1 aromatic rings. The van der Waals surface area contributed by atoms with Crippen LogP contribution in [0.15, 0.2) is 18.2 Å². The van der Waals surface area contributed by atoms with Crippen molar-refractivity contribution >= 4 is 5.69 Å². The zero-order valence-corrected chi connectivity index (χ0v) is 11.6. The fourth-order valence-corrected chi connectivity index (χ4v) is 2.11. The number of rotatable bonds is 7. The van der Waals surface area contributed by atoms with Gasteiger partial charge in [-0.25, -0.2) is 4.39 Å². The van der Waals surface area contributed by atoms with Crippen LogP contribution in [0.5, 0.6) is 0 Å². The number of para-hydroxylation sites is 1. The summed E-state index contributed by atoms with van der Waals surface area (Å²) in [6, 6.07) is 5.19. The second-order valence-corrected chi connectivity index (χ2v) is 4.71. The van der Waals surface area contributed by atoms with Gasteiger partial charge in [0, 0.05) is 18.2 Å². The number of halogens is 1. The highest BCUT2D eigenvalue weighted by molar-refractivity contribution is 5.55. The van der Waals surface area contributed by atoms with E-state index in [9.17, 15) is 9.50 Å². The molecule has 0 aliphatic heterocycles. The molecule has 0 heterocycles. The SMILES string of the molecule is CCCCN(c1c(F)cccc1CO)C(C)CC. The highest BCUT2D eigenvalue weighted by atomic mass is 19.1. The summed E-state index contributed by atoms with van der Waals surface area (Å²) in [5.74, 6) is -0.238. The maximum Gasteiger partial charge on any atom is 0.146 e. The summed E-state index contributed by atoms with van der Waals surface area (Å²) in [7, 11) is 0. The minimum Gasteiger partial charge on any atom is -0.392 e. The minimum atomic E-state index is -0.238. The monoisotopic (exact) mass is 253 g/mol. The Balaban J connectivity index is 3.10. The molecule has 1 atom stereocenters. The Morgan fingerprint density at radius 1 is 1.33 bits per heavy atom. The number of hydrogen-bond donors (Lipinski definition) is 1. The van der Waals surface area contributed by atoms with E-state index in [0.717, 1.165) is 25.8 Å². The molecule has 2 nitrogen and oxygen atoms in total. The number of unbranched alkanes of at least 4 members (excludes halogenated alkanes) is 1. The maximum absolute atomic E-state index is 14.1. The molecule has 1 unspecified atom stereocenters. The summed E-state index contributed by atoms with van der Waals surface area (Å²) in [4.78, 5) is 2.09. The van der Waals surface area contributed by atoms with Crippen LogP contribution >= 0.6 is 0 Å². The van der Waals surface area contributed by atoms with Crippen LogP contribution < -0.4 is 4.90 Å². The fourth-order valence-electron chi connectivity index (χ4n) is 2.11. The zero-order chi connectivity index (χ0) is 13.5. The quantitative estimate of drug-likeness (QED) is 0.800. The highest BCUT2D eigenvalue weighted by Crippen LogP contribution is 2.27. The molecular weight excluding hydrogens is 229 g/mol. The first-order valence-corrected chi connectivity index (χ1v) is 6.80. The average molecular weight is 253 g/mol. The van der Waals surface area contributed by atoms with Gasteiger partial charge in [-0.3, -0.25) is 0 Å². The third-order valence-corrected chi connectivity index (χ3v) is 3.40. The van der Waals surface area contributed by atoms with Crippen molar-refractivity contribution in [3.8, 4) is 0 Å². The molecule has 1 N–H and O–H groups in total. The summed E-state index contributed by atoms with van der Waals surface area (Å²) in [5, 5.41) is 9.38. The second kappa shape index (κ2) is 7.37. The van der Waals surface area contributed by atoms with Gasteiger partial charge in [0.1, 0.15) is 5.82 Å². The molecule has 0 aliphatic rings. The Kier molecular flexibility index (Phi) is 6.13. The molecule has 0 aliphatic carbocycles. The molecule has 102 valence electrons. The van der Waals surface area contributed by atoms with Gasteiger partial charge in [-0.15, -0.1) is 0 Å². The lowest BCUT2D eigenvalue weighted by Gasteiger charge is -2.32. The first-order chi connectivity index (χ1) is 8.65. The molecule has 3 heteroatoms. The Hall–Kier alpha value is -1.09. The van der Waals surface area contributed by atoms with Gasteiger partial charge in [0.15, 0.2) is 0 Å². The van der Waals surface area contributed by atoms with E-state index >= 15 is 0 Å². The number of nitrogens with zero attached hydrogens (tertiary/aromatic N) is 1. The molecule has 0 saturated carbocycles. The van der Waals surface area contributed by atoms with Crippen molar-refractivity contribution in [1.82, 2.24) is 0 Å². The summed E-state index contributed by atoms with van der Waals surface area (Å²) >= 11 is 0. The van der Waals surface area contributed by atoms with Crippen LogP contribution in [0.25, 0.3) is 0 Å². The van der Waals surface area contributed by atoms with Crippen molar-refractivity contribution in [1.29, 1.82) is 0 Å². The van der Waals surface area contributed by atoms with Gasteiger partial charge in [-0.2, -0.15) is 0 Å². The van der Waals surface area contributed by atoms with Crippen molar-refractivity contribution < 1.29 is 9.50 Å². The molecule has 0 spiro atoms. The molecule has 1 aromatic carbocycles. The topological polar surface area (TPSA) is 23.5 Å². The van der Waals surface area contributed by atoms with E-state index in [1.165, 1.54) is 6.07 Å². The summed E-state index contributed by atoms with van der Waals surface area (Å²) in [6.07, 6.45) is 3.07. The van der Waals surface area contributed by atoms with Crippen LogP contribution in [0.1, 0.15) is 45.6 Å². The number of anilines is 1. The normalized spacial score (nSPS) is 12.5. The van der Waals surface area contributed by atoms with E-state index in [1.54, 1.807) is 12.1 Å². The van der Waals surface area contributed by atoms with Gasteiger partial charge in [-0.05, 0) is 25.8 Å². The van der Waals surface area contributed by atoms with Crippen LogP contribution in [0.3, 0.4) is 0 Å². The first kappa shape index (κ1) is 15.0. The van der Waals surface area contributed by atoms with Crippen LogP contribution in [0.4, 0.5) is 10.1 Å². The van der Waals surface area contributed by atoms with E-state index in [1.807, 2.05) is 0 Å². The van der Waals surface area contributed by atoms with E-state index in [2.05, 4.69) is 25.7 Å². The number of aliphatic hydroxyl groups is 1. The Labute approximate surface area is 109 Å². The standard InChI is InChI=1S/C15H24FNO/c1-4-6-10-17(12(3)5-2)15-13(11-18)8-7-9-14(15)16/h7-9,12,18H,4-6,10-11H2,1-3H3. The minimum absolute atomic E-state index is 0.119. The van der Waals surface area contributed by atoms with Crippen LogP contribution in [0, 0.1) is 5.82 Å². The maximum atomic E-state index is 14.1. The molecule has 1 rings (SSSR count). The lowest BCUT2D eigenvalue weighted by atomic mass is 10.1. The van der Waals surface area contributed by atoms with E-state index in [0.29, 0.717) is 11.3 Å². The predicted octanol–water partition coefficient (Wildman–Crippen LogP) is 3.72. The van der Waals surface area contributed by atoms with Crippen molar-refractivity contribution in [2.45, 2.75) is 52.7 Å². The van der Waals surface area contributed by atoms with Crippen molar-refractivity contribution in [2.24, 2.45) is 0 Å². The Bertz CT molecular complexity index is 368. The largest absolute Gasteiger partial charge is 0.392 e. The van der Waals surface area contributed by atoms with E-state index in [-0.39, 0.29) is 18.5 Å². The summed E-state index contributed by atoms with van der Waals surface area (Å²) in [5.41, 5.74) is 1.24. The fraction of sp³-hybridized carbons (Fsp3) is 0.600. The molecule has 0 bridgehead atoms. The highest BCUT2D eigenvalue weighted by Gasteiger charge is 2.19. The molecule has 0 fully saturated rings. The van der Waals surface area contributed by atoms with Crippen LogP contribution in [-0.4, -0.2) is 17.7 Å². The predicted molar refractivity (Wildman–Crippen MR) is 74.3 cm³/mol. The smallest absolute Gasteiger partial charge is 0.146 e. The third-order valence-electron chi connectivity index (χ3n) is 3.40. The van der Waals surface area contributed by atoms with Gasteiger partial charge in [0.25, 0.3) is 0 Å². The Morgan fingerprint density at radius 3 is 2.61 bits per heavy atom. The molecule has 0 aromatic heterocycles. The zero-order valence-electron chi connectivity index (χ0n) is 11.6. The lowest BCUT2D eigenvalue weighted by molar-refractivity contribution is 0.281. The first-order valence-electron chi connectivity index (χ1n) is 6.80. The van der Waals surface area contributed by atoms with Crippen molar-refractivity contribution in [2.75, 3.05) is 11.4 Å². The Morgan fingerprint density at radius 2 is 2.06 bits per heavy atom. The van der Waals surface area contributed by atoms with E-state index < -0.39 is 0 Å². The lowest BCUT2D eigenvalue weighted by Crippen LogP contribution is -2.35. The number of benzene rings is 1. The van der Waals surface area contributed by atoms with Gasteiger partial charge >= 0.3 is 0 Å². The van der Waals surface area contributed by atoms with Gasteiger partial charge in [0.2, 0.25) is 0 Å². The summed E-state index contributed by atoms with van der Waals surface area (Å²) < 4.78 is 14.1. The van der Waals surface area contributed by atoms with Crippen molar-refractivity contribution in [3.05, 3.63) is 29.6 Å². The third kappa shape index (κ3) is 3.45. The number of hydrogen-bond acceptors (Lipinski definition) is 2. The molecule has 18 heavy (non-hydrogen) atoms. The van der Waals surface area contributed by atoms with Gasteiger partial charge in [-0.1, -0.05) is 32.4 Å². The molecule has 0 saturated heterocycles. The second-order valence-electron chi connectivity index (χ2n) is 4.71. The van der Waals surface area contributed by atoms with Crippen LogP contribution in [0.2, 0.25) is 0 Å². The number of aliphatic hydroxyl groups excluding tert-OH is 1. The van der Waals surface area contributed by atoms with Gasteiger partial charge in [0.05, 0.1) is 12.3 Å². The summed E-state index contributed by atoms with van der Waals surface area (Å²) in [6.45, 7) is 7.04.